The smallest absolute Gasteiger partial charge is 0.316 e. The van der Waals surface area contributed by atoms with E-state index in [2.05, 4.69) is 0 Å². The number of hydrogen-bond acceptors (Lipinski definition) is 3. The Bertz CT molecular complexity index is 649. The Morgan fingerprint density at radius 2 is 1.50 bits per heavy atom. The molecule has 0 radical (unpaired) electrons. The average molecular weight is 296 g/mol. The molecule has 0 unspecified atom stereocenters. The molecule has 0 saturated carbocycles. The van der Waals surface area contributed by atoms with Crippen molar-refractivity contribution in [2.45, 2.75) is 27.2 Å². The number of carbonyl (C=O) groups excluding carboxylic acids is 2. The van der Waals surface area contributed by atoms with Crippen LogP contribution in [0.3, 0.4) is 0 Å². The molecule has 0 fully saturated rings. The van der Waals surface area contributed by atoms with Crippen LogP contribution in [0.1, 0.15) is 36.7 Å². The summed E-state index contributed by atoms with van der Waals surface area (Å²) in [7, 11) is 0. The van der Waals surface area contributed by atoms with Crippen LogP contribution in [0.2, 0.25) is 0 Å². The van der Waals surface area contributed by atoms with Crippen molar-refractivity contribution in [3.05, 3.63) is 65.7 Å². The van der Waals surface area contributed by atoms with Gasteiger partial charge in [0.15, 0.2) is 5.78 Å². The number of hydrogen-bond donors (Lipinski definition) is 0. The van der Waals surface area contributed by atoms with Crippen molar-refractivity contribution < 1.29 is 14.3 Å². The Hall–Kier alpha value is -2.42. The van der Waals surface area contributed by atoms with Gasteiger partial charge in [0.05, 0.1) is 5.41 Å². The van der Waals surface area contributed by atoms with Gasteiger partial charge in [-0.2, -0.15) is 0 Å². The molecule has 0 spiro atoms. The predicted octanol–water partition coefficient (Wildman–Crippen LogP) is 4.06. The number of rotatable bonds is 4. The molecule has 3 heteroatoms. The Balaban J connectivity index is 2.03. The highest BCUT2D eigenvalue weighted by molar-refractivity contribution is 5.97. The zero-order valence-corrected chi connectivity index (χ0v) is 13.1. The molecule has 2 aromatic carbocycles. The summed E-state index contributed by atoms with van der Waals surface area (Å²) in [5.41, 5.74) is 1.04. The first-order valence-electron chi connectivity index (χ1n) is 7.26. The molecule has 0 atom stereocenters. The fourth-order valence-corrected chi connectivity index (χ4v) is 1.85. The first-order valence-corrected chi connectivity index (χ1v) is 7.26. The molecule has 2 rings (SSSR count). The van der Waals surface area contributed by atoms with E-state index >= 15 is 0 Å². The summed E-state index contributed by atoms with van der Waals surface area (Å²) in [6, 6.07) is 16.3. The molecular formula is C19H20O3. The van der Waals surface area contributed by atoms with E-state index in [0.29, 0.717) is 17.7 Å². The zero-order valence-electron chi connectivity index (χ0n) is 13.1. The lowest BCUT2D eigenvalue weighted by Gasteiger charge is -2.16. The van der Waals surface area contributed by atoms with E-state index < -0.39 is 5.41 Å². The van der Waals surface area contributed by atoms with Gasteiger partial charge in [-0.1, -0.05) is 30.3 Å². The number of esters is 1. The van der Waals surface area contributed by atoms with E-state index in [1.165, 1.54) is 0 Å². The summed E-state index contributed by atoms with van der Waals surface area (Å²) in [6.07, 6.45) is 0.363. The van der Waals surface area contributed by atoms with E-state index in [1.807, 2.05) is 30.3 Å². The minimum absolute atomic E-state index is 0.0416. The summed E-state index contributed by atoms with van der Waals surface area (Å²) < 4.78 is 5.28. The largest absolute Gasteiger partial charge is 0.426 e. The Morgan fingerprint density at radius 3 is 2.05 bits per heavy atom. The normalized spacial score (nSPS) is 11.0. The first-order chi connectivity index (χ1) is 10.4. The van der Waals surface area contributed by atoms with Gasteiger partial charge in [0.25, 0.3) is 0 Å². The van der Waals surface area contributed by atoms with Crippen molar-refractivity contribution in [2.75, 3.05) is 0 Å². The fraction of sp³-hybridized carbons (Fsp3) is 0.263. The Kier molecular flexibility index (Phi) is 4.76. The van der Waals surface area contributed by atoms with E-state index in [-0.39, 0.29) is 11.8 Å². The minimum atomic E-state index is -0.554. The number of carbonyl (C=O) groups is 2. The average Bonchev–Trinajstić information content (AvgIpc) is 2.48. The fourth-order valence-electron chi connectivity index (χ4n) is 1.85. The van der Waals surface area contributed by atoms with Gasteiger partial charge in [0.2, 0.25) is 0 Å². The molecule has 0 aliphatic carbocycles. The van der Waals surface area contributed by atoms with Crippen LogP contribution in [-0.4, -0.2) is 11.8 Å². The standard InChI is InChI=1S/C19H20O3/c1-19(2,3)18(21)22-16-11-9-15(10-12-16)17(20)13-14-7-5-4-6-8-14/h4-12H,13H2,1-3H3. The zero-order chi connectivity index (χ0) is 16.2. The van der Waals surface area contributed by atoms with E-state index in [9.17, 15) is 9.59 Å². The van der Waals surface area contributed by atoms with Crippen molar-refractivity contribution in [3.8, 4) is 5.75 Å². The summed E-state index contributed by atoms with van der Waals surface area (Å²) in [6.45, 7) is 5.40. The molecule has 0 saturated heterocycles. The molecule has 0 aromatic heterocycles. The van der Waals surface area contributed by atoms with E-state index in [1.54, 1.807) is 45.0 Å². The van der Waals surface area contributed by atoms with Gasteiger partial charge < -0.3 is 4.74 Å². The molecule has 0 amide bonds. The third-order valence-electron chi connectivity index (χ3n) is 3.21. The second-order valence-electron chi connectivity index (χ2n) is 6.25. The Morgan fingerprint density at radius 1 is 0.909 bits per heavy atom. The van der Waals surface area contributed by atoms with E-state index in [4.69, 9.17) is 4.74 Å². The topological polar surface area (TPSA) is 43.4 Å². The van der Waals surface area contributed by atoms with Crippen molar-refractivity contribution in [1.29, 1.82) is 0 Å². The van der Waals surface area contributed by atoms with Crippen LogP contribution in [0.15, 0.2) is 54.6 Å². The molecule has 22 heavy (non-hydrogen) atoms. The summed E-state index contributed by atoms with van der Waals surface area (Å²) in [4.78, 5) is 24.0. The van der Waals surface area contributed by atoms with Gasteiger partial charge in [-0.25, -0.2) is 0 Å². The molecule has 114 valence electrons. The lowest BCUT2D eigenvalue weighted by molar-refractivity contribution is -0.142. The van der Waals surface area contributed by atoms with Crippen LogP contribution in [0, 0.1) is 5.41 Å². The van der Waals surface area contributed by atoms with Crippen LogP contribution in [0.25, 0.3) is 0 Å². The molecule has 0 N–H and O–H groups in total. The van der Waals surface area contributed by atoms with Crippen molar-refractivity contribution in [2.24, 2.45) is 5.41 Å². The van der Waals surface area contributed by atoms with E-state index in [0.717, 1.165) is 5.56 Å². The van der Waals surface area contributed by atoms with Gasteiger partial charge in [-0.05, 0) is 50.6 Å². The molecular weight excluding hydrogens is 276 g/mol. The highest BCUT2D eigenvalue weighted by atomic mass is 16.5. The van der Waals surface area contributed by atoms with Crippen molar-refractivity contribution >= 4 is 11.8 Å². The number of ether oxygens (including phenoxy) is 1. The maximum atomic E-state index is 12.2. The van der Waals surface area contributed by atoms with Crippen LogP contribution in [0.5, 0.6) is 5.75 Å². The summed E-state index contributed by atoms with van der Waals surface area (Å²) in [5, 5.41) is 0. The predicted molar refractivity (Wildman–Crippen MR) is 86.0 cm³/mol. The number of ketones is 1. The maximum Gasteiger partial charge on any atom is 0.316 e. The Labute approximate surface area is 130 Å². The second-order valence-corrected chi connectivity index (χ2v) is 6.25. The maximum absolute atomic E-state index is 12.2. The number of benzene rings is 2. The summed E-state index contributed by atoms with van der Waals surface area (Å²) >= 11 is 0. The minimum Gasteiger partial charge on any atom is -0.426 e. The molecule has 0 aliphatic heterocycles. The van der Waals surface area contributed by atoms with Gasteiger partial charge >= 0.3 is 5.97 Å². The van der Waals surface area contributed by atoms with Crippen LogP contribution >= 0.6 is 0 Å². The number of Topliss-reactive ketones (excluding diaryl/α,β-unsaturated/α-hetero) is 1. The third-order valence-corrected chi connectivity index (χ3v) is 3.21. The van der Waals surface area contributed by atoms with Crippen LogP contribution in [0.4, 0.5) is 0 Å². The highest BCUT2D eigenvalue weighted by Crippen LogP contribution is 2.20. The van der Waals surface area contributed by atoms with Gasteiger partial charge in [0, 0.05) is 12.0 Å². The van der Waals surface area contributed by atoms with Crippen LogP contribution in [-0.2, 0) is 11.2 Å². The van der Waals surface area contributed by atoms with Gasteiger partial charge in [-0.15, -0.1) is 0 Å². The third kappa shape index (κ3) is 4.29. The molecule has 2 aromatic rings. The van der Waals surface area contributed by atoms with Crippen molar-refractivity contribution in [3.63, 3.8) is 0 Å². The second kappa shape index (κ2) is 6.56. The van der Waals surface area contributed by atoms with Gasteiger partial charge in [-0.3, -0.25) is 9.59 Å². The SMILES string of the molecule is CC(C)(C)C(=O)Oc1ccc(C(=O)Cc2ccccc2)cc1. The van der Waals surface area contributed by atoms with Crippen molar-refractivity contribution in [1.82, 2.24) is 0 Å². The molecule has 0 heterocycles. The highest BCUT2D eigenvalue weighted by Gasteiger charge is 2.23. The monoisotopic (exact) mass is 296 g/mol. The lowest BCUT2D eigenvalue weighted by Crippen LogP contribution is -2.25. The van der Waals surface area contributed by atoms with Gasteiger partial charge in [0.1, 0.15) is 5.75 Å². The molecule has 0 aliphatic rings. The molecule has 3 nitrogen and oxygen atoms in total. The first kappa shape index (κ1) is 16.0. The lowest BCUT2D eigenvalue weighted by atomic mass is 9.97. The molecule has 0 bridgehead atoms. The summed E-state index contributed by atoms with van der Waals surface area (Å²) in [5.74, 6) is 0.201. The quantitative estimate of drug-likeness (QED) is 0.485. The van der Waals surface area contributed by atoms with Crippen LogP contribution < -0.4 is 4.74 Å².